The average molecular weight is 390 g/mol. The molecule has 29 heavy (non-hydrogen) atoms. The minimum absolute atomic E-state index is 0.0191. The summed E-state index contributed by atoms with van der Waals surface area (Å²) >= 11 is 0. The molecule has 1 saturated carbocycles. The van der Waals surface area contributed by atoms with Crippen LogP contribution in [0.3, 0.4) is 0 Å². The normalized spacial score (nSPS) is 16.8. The van der Waals surface area contributed by atoms with Crippen LogP contribution in [-0.4, -0.2) is 35.2 Å². The van der Waals surface area contributed by atoms with Crippen LogP contribution in [0.4, 0.5) is 5.69 Å². The van der Waals surface area contributed by atoms with Crippen molar-refractivity contribution in [3.63, 3.8) is 0 Å². The van der Waals surface area contributed by atoms with Gasteiger partial charge in [-0.1, -0.05) is 37.5 Å². The number of aryl methyl sites for hydroxylation is 1. The molecule has 5 nitrogen and oxygen atoms in total. The standard InChI is InChI=1S/C24H26N2O3/c1-3-25(21-12-8-7-9-16(21)2)22(27)17-13-14-19-20(15-17)24(29)26(23(19)28)18-10-5-4-6-11-18/h7-9,12-15,18H,3-6,10-11H2,1-2H3. The van der Waals surface area contributed by atoms with Crippen LogP contribution < -0.4 is 4.90 Å². The molecule has 2 aliphatic rings. The van der Waals surface area contributed by atoms with Gasteiger partial charge >= 0.3 is 0 Å². The number of hydrogen-bond acceptors (Lipinski definition) is 3. The van der Waals surface area contributed by atoms with Gasteiger partial charge in [0.15, 0.2) is 0 Å². The maximum atomic E-state index is 13.2. The number of imide groups is 1. The Bertz CT molecular complexity index is 976. The fourth-order valence-electron chi connectivity index (χ4n) is 4.51. The summed E-state index contributed by atoms with van der Waals surface area (Å²) in [7, 11) is 0. The monoisotopic (exact) mass is 390 g/mol. The van der Waals surface area contributed by atoms with Crippen molar-refractivity contribution in [3.8, 4) is 0 Å². The molecule has 5 heteroatoms. The number of carbonyl (C=O) groups is 3. The van der Waals surface area contributed by atoms with Crippen molar-refractivity contribution in [2.24, 2.45) is 0 Å². The topological polar surface area (TPSA) is 57.7 Å². The van der Waals surface area contributed by atoms with Gasteiger partial charge < -0.3 is 4.90 Å². The van der Waals surface area contributed by atoms with Gasteiger partial charge in [0.2, 0.25) is 0 Å². The van der Waals surface area contributed by atoms with Crippen LogP contribution >= 0.6 is 0 Å². The fraction of sp³-hybridized carbons (Fsp3) is 0.375. The lowest BCUT2D eigenvalue weighted by Crippen LogP contribution is -2.40. The van der Waals surface area contributed by atoms with Gasteiger partial charge in [-0.25, -0.2) is 0 Å². The summed E-state index contributed by atoms with van der Waals surface area (Å²) in [4.78, 5) is 42.2. The SMILES string of the molecule is CCN(C(=O)c1ccc2c(c1)C(=O)N(C1CCCCC1)C2=O)c1ccccc1C. The van der Waals surface area contributed by atoms with E-state index in [4.69, 9.17) is 0 Å². The lowest BCUT2D eigenvalue weighted by Gasteiger charge is -2.29. The second-order valence-electron chi connectivity index (χ2n) is 7.87. The molecule has 1 heterocycles. The third-order valence-corrected chi connectivity index (χ3v) is 6.07. The molecule has 3 amide bonds. The van der Waals surface area contributed by atoms with Crippen molar-refractivity contribution in [2.45, 2.75) is 52.0 Å². The molecule has 1 aliphatic carbocycles. The molecular formula is C24H26N2O3. The quantitative estimate of drug-likeness (QED) is 0.718. The maximum Gasteiger partial charge on any atom is 0.261 e. The third kappa shape index (κ3) is 3.35. The molecule has 2 aromatic rings. The maximum absolute atomic E-state index is 13.2. The smallest absolute Gasteiger partial charge is 0.261 e. The highest BCUT2D eigenvalue weighted by Crippen LogP contribution is 2.32. The number of rotatable bonds is 4. The number of amides is 3. The molecule has 0 unspecified atom stereocenters. The predicted octanol–water partition coefficient (Wildman–Crippen LogP) is 4.59. The Hall–Kier alpha value is -2.95. The van der Waals surface area contributed by atoms with Crippen LogP contribution in [0, 0.1) is 6.92 Å². The van der Waals surface area contributed by atoms with Crippen LogP contribution in [0.1, 0.15) is 75.7 Å². The highest BCUT2D eigenvalue weighted by atomic mass is 16.2. The van der Waals surface area contributed by atoms with E-state index in [0.29, 0.717) is 23.2 Å². The molecule has 2 aromatic carbocycles. The number of fused-ring (bicyclic) bond motifs is 1. The minimum atomic E-state index is -0.259. The van der Waals surface area contributed by atoms with E-state index in [1.165, 1.54) is 4.90 Å². The Morgan fingerprint density at radius 3 is 2.38 bits per heavy atom. The molecule has 0 atom stereocenters. The average Bonchev–Trinajstić information content (AvgIpc) is 3.00. The summed E-state index contributed by atoms with van der Waals surface area (Å²) in [5.74, 6) is -0.645. The van der Waals surface area contributed by atoms with Crippen molar-refractivity contribution in [3.05, 3.63) is 64.7 Å². The van der Waals surface area contributed by atoms with E-state index in [-0.39, 0.29) is 23.8 Å². The molecular weight excluding hydrogens is 364 g/mol. The van der Waals surface area contributed by atoms with E-state index >= 15 is 0 Å². The Balaban J connectivity index is 1.65. The lowest BCUT2D eigenvalue weighted by atomic mass is 9.94. The van der Waals surface area contributed by atoms with Crippen LogP contribution in [0.2, 0.25) is 0 Å². The van der Waals surface area contributed by atoms with E-state index < -0.39 is 0 Å². The Morgan fingerprint density at radius 1 is 1.00 bits per heavy atom. The van der Waals surface area contributed by atoms with Crippen molar-refractivity contribution in [1.29, 1.82) is 0 Å². The van der Waals surface area contributed by atoms with Gasteiger partial charge in [-0.2, -0.15) is 0 Å². The number of hydrogen-bond donors (Lipinski definition) is 0. The second kappa shape index (κ2) is 7.82. The van der Waals surface area contributed by atoms with Crippen molar-refractivity contribution in [1.82, 2.24) is 4.90 Å². The number of benzene rings is 2. The highest BCUT2D eigenvalue weighted by Gasteiger charge is 2.40. The summed E-state index contributed by atoms with van der Waals surface area (Å²) in [6, 6.07) is 12.6. The van der Waals surface area contributed by atoms with Crippen LogP contribution in [0.5, 0.6) is 0 Å². The molecule has 0 aromatic heterocycles. The zero-order valence-corrected chi connectivity index (χ0v) is 17.0. The van der Waals surface area contributed by atoms with E-state index in [0.717, 1.165) is 43.4 Å². The van der Waals surface area contributed by atoms with Gasteiger partial charge in [0.05, 0.1) is 11.1 Å². The van der Waals surface area contributed by atoms with E-state index in [2.05, 4.69) is 0 Å². The number of para-hydroxylation sites is 1. The van der Waals surface area contributed by atoms with Gasteiger partial charge in [-0.05, 0) is 56.5 Å². The Kier molecular flexibility index (Phi) is 5.22. The minimum Gasteiger partial charge on any atom is -0.308 e. The molecule has 150 valence electrons. The summed E-state index contributed by atoms with van der Waals surface area (Å²) in [6.45, 7) is 4.41. The van der Waals surface area contributed by atoms with Crippen LogP contribution in [0.25, 0.3) is 0 Å². The molecule has 0 bridgehead atoms. The van der Waals surface area contributed by atoms with Gasteiger partial charge in [-0.3, -0.25) is 19.3 Å². The first-order chi connectivity index (χ1) is 14.0. The Morgan fingerprint density at radius 2 is 1.69 bits per heavy atom. The number of anilines is 1. The van der Waals surface area contributed by atoms with Crippen LogP contribution in [-0.2, 0) is 0 Å². The van der Waals surface area contributed by atoms with Gasteiger partial charge in [0.25, 0.3) is 17.7 Å². The van der Waals surface area contributed by atoms with Gasteiger partial charge in [0.1, 0.15) is 0 Å². The summed E-state index contributed by atoms with van der Waals surface area (Å²) in [5, 5.41) is 0. The molecule has 0 saturated heterocycles. The first-order valence-electron chi connectivity index (χ1n) is 10.4. The third-order valence-electron chi connectivity index (χ3n) is 6.07. The fourth-order valence-corrected chi connectivity index (χ4v) is 4.51. The molecule has 1 fully saturated rings. The summed E-state index contributed by atoms with van der Waals surface area (Å²) in [6.07, 6.45) is 4.99. The van der Waals surface area contributed by atoms with E-state index in [9.17, 15) is 14.4 Å². The van der Waals surface area contributed by atoms with E-state index in [1.807, 2.05) is 38.1 Å². The number of nitrogens with zero attached hydrogens (tertiary/aromatic N) is 2. The van der Waals surface area contributed by atoms with Crippen LogP contribution in [0.15, 0.2) is 42.5 Å². The van der Waals surface area contributed by atoms with Crippen molar-refractivity contribution in [2.75, 3.05) is 11.4 Å². The zero-order valence-electron chi connectivity index (χ0n) is 17.0. The summed E-state index contributed by atoms with van der Waals surface area (Å²) < 4.78 is 0. The molecule has 0 spiro atoms. The first kappa shape index (κ1) is 19.4. The molecule has 4 rings (SSSR count). The Labute approximate surface area is 171 Å². The van der Waals surface area contributed by atoms with Crippen molar-refractivity contribution >= 4 is 23.4 Å². The molecule has 0 radical (unpaired) electrons. The van der Waals surface area contributed by atoms with Crippen molar-refractivity contribution < 1.29 is 14.4 Å². The highest BCUT2D eigenvalue weighted by molar-refractivity contribution is 6.22. The first-order valence-corrected chi connectivity index (χ1v) is 10.4. The number of carbonyl (C=O) groups excluding carboxylic acids is 3. The molecule has 1 aliphatic heterocycles. The lowest BCUT2D eigenvalue weighted by molar-refractivity contribution is 0.0549. The zero-order chi connectivity index (χ0) is 20.5. The summed E-state index contributed by atoms with van der Waals surface area (Å²) in [5.41, 5.74) is 3.06. The molecule has 0 N–H and O–H groups in total. The van der Waals surface area contributed by atoms with Gasteiger partial charge in [-0.15, -0.1) is 0 Å². The van der Waals surface area contributed by atoms with Gasteiger partial charge in [0, 0.05) is 23.8 Å². The van der Waals surface area contributed by atoms with E-state index in [1.54, 1.807) is 23.1 Å². The second-order valence-corrected chi connectivity index (χ2v) is 7.87. The largest absolute Gasteiger partial charge is 0.308 e. The predicted molar refractivity (Wildman–Crippen MR) is 112 cm³/mol.